The van der Waals surface area contributed by atoms with E-state index < -0.39 is 0 Å². The largest absolute Gasteiger partial charge is 0.332 e. The summed E-state index contributed by atoms with van der Waals surface area (Å²) in [6, 6.07) is 10.0. The van der Waals surface area contributed by atoms with Crippen LogP contribution in [0.25, 0.3) is 0 Å². The number of hydrogen-bond donors (Lipinski definition) is 1. The molecule has 0 saturated heterocycles. The van der Waals surface area contributed by atoms with Crippen molar-refractivity contribution in [1.29, 1.82) is 0 Å². The van der Waals surface area contributed by atoms with E-state index in [-0.39, 0.29) is 11.8 Å². The van der Waals surface area contributed by atoms with Crippen LogP contribution in [-0.2, 0) is 11.2 Å². The monoisotopic (exact) mass is 173 g/mol. The number of rotatable bonds is 2. The molecule has 1 aromatic carbocycles. The summed E-state index contributed by atoms with van der Waals surface area (Å²) in [6.45, 7) is 0. The standard InChI is InChI=1S/C11H11NO/c13-11-10(6-7-12-11)8-9-4-2-1-3-5-9/h1-7,10H,8H2,(H,12,13). The van der Waals surface area contributed by atoms with Gasteiger partial charge in [0.2, 0.25) is 5.91 Å². The molecule has 1 atom stereocenters. The molecule has 0 bridgehead atoms. The lowest BCUT2D eigenvalue weighted by atomic mass is 10.0. The predicted octanol–water partition coefficient (Wildman–Crippen LogP) is 1.49. The van der Waals surface area contributed by atoms with Gasteiger partial charge in [0, 0.05) is 6.20 Å². The molecule has 1 heterocycles. The molecule has 0 spiro atoms. The van der Waals surface area contributed by atoms with Gasteiger partial charge in [-0.25, -0.2) is 0 Å². The fourth-order valence-electron chi connectivity index (χ4n) is 1.47. The van der Waals surface area contributed by atoms with Crippen LogP contribution in [0.4, 0.5) is 0 Å². The van der Waals surface area contributed by atoms with Crippen LogP contribution in [0.3, 0.4) is 0 Å². The van der Waals surface area contributed by atoms with Gasteiger partial charge >= 0.3 is 0 Å². The lowest BCUT2D eigenvalue weighted by molar-refractivity contribution is -0.121. The van der Waals surface area contributed by atoms with Crippen LogP contribution < -0.4 is 5.32 Å². The van der Waals surface area contributed by atoms with E-state index in [0.29, 0.717) is 0 Å². The van der Waals surface area contributed by atoms with Crippen molar-refractivity contribution >= 4 is 5.91 Å². The van der Waals surface area contributed by atoms with E-state index >= 15 is 0 Å². The Hall–Kier alpha value is -1.57. The van der Waals surface area contributed by atoms with Gasteiger partial charge < -0.3 is 5.32 Å². The Morgan fingerprint density at radius 1 is 1.23 bits per heavy atom. The normalized spacial score (nSPS) is 20.3. The third-order valence-corrected chi connectivity index (χ3v) is 2.19. The van der Waals surface area contributed by atoms with E-state index in [1.165, 1.54) is 5.56 Å². The molecule has 1 amide bonds. The molecule has 0 radical (unpaired) electrons. The quantitative estimate of drug-likeness (QED) is 0.721. The fourth-order valence-corrected chi connectivity index (χ4v) is 1.47. The first kappa shape index (κ1) is 8.05. The zero-order chi connectivity index (χ0) is 9.10. The first-order valence-corrected chi connectivity index (χ1v) is 4.37. The Balaban J connectivity index is 2.06. The molecule has 0 aromatic heterocycles. The summed E-state index contributed by atoms with van der Waals surface area (Å²) >= 11 is 0. The first-order chi connectivity index (χ1) is 6.36. The van der Waals surface area contributed by atoms with Crippen molar-refractivity contribution in [2.45, 2.75) is 6.42 Å². The maximum absolute atomic E-state index is 11.2. The average molecular weight is 173 g/mol. The highest BCUT2D eigenvalue weighted by Gasteiger charge is 2.18. The van der Waals surface area contributed by atoms with Crippen LogP contribution in [0.2, 0.25) is 0 Å². The molecule has 0 fully saturated rings. The van der Waals surface area contributed by atoms with E-state index in [1.807, 2.05) is 36.4 Å². The highest BCUT2D eigenvalue weighted by Crippen LogP contribution is 2.12. The van der Waals surface area contributed by atoms with E-state index in [2.05, 4.69) is 5.32 Å². The topological polar surface area (TPSA) is 29.1 Å². The Morgan fingerprint density at radius 3 is 2.62 bits per heavy atom. The molecule has 1 N–H and O–H groups in total. The number of nitrogens with one attached hydrogen (secondary N) is 1. The molecule has 13 heavy (non-hydrogen) atoms. The second kappa shape index (κ2) is 3.44. The highest BCUT2D eigenvalue weighted by molar-refractivity contribution is 5.84. The van der Waals surface area contributed by atoms with E-state index in [1.54, 1.807) is 6.20 Å². The number of carbonyl (C=O) groups is 1. The SMILES string of the molecule is O=C1NC=CC1Cc1ccccc1. The lowest BCUT2D eigenvalue weighted by Gasteiger charge is -2.04. The summed E-state index contributed by atoms with van der Waals surface area (Å²) in [7, 11) is 0. The summed E-state index contributed by atoms with van der Waals surface area (Å²) in [5, 5.41) is 2.67. The Labute approximate surface area is 77.3 Å². The maximum Gasteiger partial charge on any atom is 0.231 e. The van der Waals surface area contributed by atoms with Crippen LogP contribution in [0.5, 0.6) is 0 Å². The van der Waals surface area contributed by atoms with Crippen LogP contribution in [0.1, 0.15) is 5.56 Å². The van der Waals surface area contributed by atoms with E-state index in [9.17, 15) is 4.79 Å². The van der Waals surface area contributed by atoms with Crippen molar-refractivity contribution in [1.82, 2.24) is 5.32 Å². The van der Waals surface area contributed by atoms with Gasteiger partial charge in [0.25, 0.3) is 0 Å². The molecule has 0 saturated carbocycles. The van der Waals surface area contributed by atoms with Crippen molar-refractivity contribution in [3.63, 3.8) is 0 Å². The molecule has 1 aliphatic heterocycles. The highest BCUT2D eigenvalue weighted by atomic mass is 16.2. The van der Waals surface area contributed by atoms with Gasteiger partial charge in [-0.3, -0.25) is 4.79 Å². The number of amides is 1. The minimum Gasteiger partial charge on any atom is -0.332 e. The van der Waals surface area contributed by atoms with Gasteiger partial charge in [0.1, 0.15) is 0 Å². The molecule has 0 aliphatic carbocycles. The molecule has 66 valence electrons. The molecular formula is C11H11NO. The third kappa shape index (κ3) is 1.78. The average Bonchev–Trinajstić information content (AvgIpc) is 2.54. The van der Waals surface area contributed by atoms with Crippen molar-refractivity contribution in [2.75, 3.05) is 0 Å². The van der Waals surface area contributed by atoms with Gasteiger partial charge in [-0.2, -0.15) is 0 Å². The molecule has 2 heteroatoms. The van der Waals surface area contributed by atoms with Crippen molar-refractivity contribution in [2.24, 2.45) is 5.92 Å². The molecule has 1 unspecified atom stereocenters. The van der Waals surface area contributed by atoms with Gasteiger partial charge in [0.15, 0.2) is 0 Å². The second-order valence-corrected chi connectivity index (χ2v) is 3.16. The molecule has 1 aromatic rings. The minimum atomic E-state index is 0.0161. The number of hydrogen-bond acceptors (Lipinski definition) is 1. The zero-order valence-electron chi connectivity index (χ0n) is 7.23. The van der Waals surface area contributed by atoms with E-state index in [0.717, 1.165) is 6.42 Å². The van der Waals surface area contributed by atoms with Crippen molar-refractivity contribution in [3.8, 4) is 0 Å². The van der Waals surface area contributed by atoms with E-state index in [4.69, 9.17) is 0 Å². The lowest BCUT2D eigenvalue weighted by Crippen LogP contribution is -2.20. The summed E-state index contributed by atoms with van der Waals surface area (Å²) < 4.78 is 0. The summed E-state index contributed by atoms with van der Waals surface area (Å²) in [5.41, 5.74) is 1.20. The summed E-state index contributed by atoms with van der Waals surface area (Å²) in [6.07, 6.45) is 4.43. The Bertz CT molecular complexity index is 329. The fraction of sp³-hybridized carbons (Fsp3) is 0.182. The molecule has 2 nitrogen and oxygen atoms in total. The van der Waals surface area contributed by atoms with Gasteiger partial charge in [-0.1, -0.05) is 36.4 Å². The summed E-state index contributed by atoms with van der Waals surface area (Å²) in [4.78, 5) is 11.2. The predicted molar refractivity (Wildman–Crippen MR) is 50.9 cm³/mol. The van der Waals surface area contributed by atoms with Gasteiger partial charge in [-0.15, -0.1) is 0 Å². The van der Waals surface area contributed by atoms with Crippen molar-refractivity contribution in [3.05, 3.63) is 48.2 Å². The molecule has 1 aliphatic rings. The van der Waals surface area contributed by atoms with Gasteiger partial charge in [0.05, 0.1) is 5.92 Å². The van der Waals surface area contributed by atoms with Crippen LogP contribution in [0, 0.1) is 5.92 Å². The smallest absolute Gasteiger partial charge is 0.231 e. The van der Waals surface area contributed by atoms with Crippen LogP contribution in [0.15, 0.2) is 42.6 Å². The first-order valence-electron chi connectivity index (χ1n) is 4.37. The number of carbonyl (C=O) groups excluding carboxylic acids is 1. The van der Waals surface area contributed by atoms with Gasteiger partial charge in [-0.05, 0) is 12.0 Å². The second-order valence-electron chi connectivity index (χ2n) is 3.16. The summed E-state index contributed by atoms with van der Waals surface area (Å²) in [5.74, 6) is 0.117. The maximum atomic E-state index is 11.2. The van der Waals surface area contributed by atoms with Crippen LogP contribution >= 0.6 is 0 Å². The Morgan fingerprint density at radius 2 is 2.00 bits per heavy atom. The molecular weight excluding hydrogens is 162 g/mol. The third-order valence-electron chi connectivity index (χ3n) is 2.19. The number of benzene rings is 1. The molecule has 2 rings (SSSR count). The van der Waals surface area contributed by atoms with Crippen LogP contribution in [-0.4, -0.2) is 5.91 Å². The Kier molecular flexibility index (Phi) is 2.13. The van der Waals surface area contributed by atoms with Crippen molar-refractivity contribution < 1.29 is 4.79 Å². The zero-order valence-corrected chi connectivity index (χ0v) is 7.23. The minimum absolute atomic E-state index is 0.0161.